The fourth-order valence-electron chi connectivity index (χ4n) is 2.43. The van der Waals surface area contributed by atoms with Crippen LogP contribution < -0.4 is 4.72 Å². The molecule has 4 atom stereocenters. The summed E-state index contributed by atoms with van der Waals surface area (Å²) in [5, 5.41) is 8.50. The molecule has 2 N–H and O–H groups in total. The number of sulfonamides is 1. The van der Waals surface area contributed by atoms with Gasteiger partial charge in [0.1, 0.15) is 11.3 Å². The highest BCUT2D eigenvalue weighted by Crippen LogP contribution is 2.27. The number of hydrogen-bond acceptors (Lipinski definition) is 4. The van der Waals surface area contributed by atoms with E-state index >= 15 is 0 Å². The van der Waals surface area contributed by atoms with E-state index in [9.17, 15) is 13.2 Å². The normalized spacial score (nSPS) is 27.1. The standard InChI is InChI=1S/C12H23NO5S/c1-4-8(2)11(12(14)15)13-19(16,17)10-7-5-6-9(10)18-3/h8-11,13H,4-7H2,1-3H3,(H,14,15)/t8-,9?,10?,11-/m0/s1. The number of rotatable bonds is 7. The summed E-state index contributed by atoms with van der Waals surface area (Å²) < 4.78 is 32.1. The molecular weight excluding hydrogens is 270 g/mol. The average Bonchev–Trinajstić information content (AvgIpc) is 2.83. The molecule has 19 heavy (non-hydrogen) atoms. The van der Waals surface area contributed by atoms with Crippen LogP contribution in [-0.4, -0.2) is 44.0 Å². The third-order valence-electron chi connectivity index (χ3n) is 3.86. The van der Waals surface area contributed by atoms with Crippen molar-refractivity contribution >= 4 is 16.0 Å². The second-order valence-electron chi connectivity index (χ2n) is 5.11. The van der Waals surface area contributed by atoms with E-state index < -0.39 is 27.3 Å². The lowest BCUT2D eigenvalue weighted by atomic mass is 10.0. The maximum atomic E-state index is 12.3. The Labute approximate surface area is 114 Å². The maximum absolute atomic E-state index is 12.3. The van der Waals surface area contributed by atoms with Gasteiger partial charge in [0.05, 0.1) is 6.10 Å². The molecule has 7 heteroatoms. The van der Waals surface area contributed by atoms with Crippen LogP contribution in [-0.2, 0) is 19.6 Å². The highest BCUT2D eigenvalue weighted by atomic mass is 32.2. The predicted octanol–water partition coefficient (Wildman–Crippen LogP) is 0.973. The number of carboxylic acid groups (broad SMARTS) is 1. The molecule has 1 aliphatic rings. The van der Waals surface area contributed by atoms with E-state index in [1.165, 1.54) is 7.11 Å². The average molecular weight is 293 g/mol. The summed E-state index contributed by atoms with van der Waals surface area (Å²) in [6.45, 7) is 3.56. The van der Waals surface area contributed by atoms with Crippen molar-refractivity contribution in [2.45, 2.75) is 56.9 Å². The second-order valence-corrected chi connectivity index (χ2v) is 7.04. The minimum atomic E-state index is -3.68. The van der Waals surface area contributed by atoms with Crippen molar-refractivity contribution in [3.8, 4) is 0 Å². The highest BCUT2D eigenvalue weighted by Gasteiger charge is 2.40. The fraction of sp³-hybridized carbons (Fsp3) is 0.917. The van der Waals surface area contributed by atoms with Crippen molar-refractivity contribution < 1.29 is 23.1 Å². The van der Waals surface area contributed by atoms with Crippen LogP contribution in [0, 0.1) is 5.92 Å². The molecule has 112 valence electrons. The zero-order chi connectivity index (χ0) is 14.6. The third-order valence-corrected chi connectivity index (χ3v) is 5.78. The summed E-state index contributed by atoms with van der Waals surface area (Å²) >= 11 is 0. The zero-order valence-electron chi connectivity index (χ0n) is 11.6. The molecule has 0 aromatic carbocycles. The molecule has 1 aliphatic carbocycles. The summed E-state index contributed by atoms with van der Waals surface area (Å²) in [7, 11) is -2.19. The van der Waals surface area contributed by atoms with Crippen LogP contribution in [0.2, 0.25) is 0 Å². The lowest BCUT2D eigenvalue weighted by Crippen LogP contribution is -2.50. The molecule has 1 fully saturated rings. The molecule has 0 saturated heterocycles. The van der Waals surface area contributed by atoms with Gasteiger partial charge in [0.15, 0.2) is 0 Å². The molecule has 6 nitrogen and oxygen atoms in total. The van der Waals surface area contributed by atoms with E-state index in [4.69, 9.17) is 9.84 Å². The van der Waals surface area contributed by atoms with Crippen molar-refractivity contribution in [1.29, 1.82) is 0 Å². The first-order valence-corrected chi connectivity index (χ1v) is 8.14. The first kappa shape index (κ1) is 16.4. The Hall–Kier alpha value is -0.660. The first-order valence-electron chi connectivity index (χ1n) is 6.60. The molecule has 0 spiro atoms. The van der Waals surface area contributed by atoms with Gasteiger partial charge in [-0.15, -0.1) is 0 Å². The van der Waals surface area contributed by atoms with Crippen molar-refractivity contribution in [3.63, 3.8) is 0 Å². The number of hydrogen-bond donors (Lipinski definition) is 2. The van der Waals surface area contributed by atoms with E-state index in [2.05, 4.69) is 4.72 Å². The molecule has 0 heterocycles. The Bertz CT molecular complexity index is 408. The second kappa shape index (κ2) is 6.67. The predicted molar refractivity (Wildman–Crippen MR) is 71.4 cm³/mol. The minimum Gasteiger partial charge on any atom is -0.480 e. The van der Waals surface area contributed by atoms with E-state index in [0.29, 0.717) is 19.3 Å². The van der Waals surface area contributed by atoms with Crippen LogP contribution >= 0.6 is 0 Å². The van der Waals surface area contributed by atoms with Crippen LogP contribution in [0.3, 0.4) is 0 Å². The van der Waals surface area contributed by atoms with Crippen LogP contribution in [0.25, 0.3) is 0 Å². The van der Waals surface area contributed by atoms with Gasteiger partial charge in [-0.25, -0.2) is 13.1 Å². The number of methoxy groups -OCH3 is 1. The molecule has 0 aromatic rings. The molecule has 2 unspecified atom stereocenters. The number of nitrogens with one attached hydrogen (secondary N) is 1. The van der Waals surface area contributed by atoms with Crippen molar-refractivity contribution in [1.82, 2.24) is 4.72 Å². The first-order chi connectivity index (χ1) is 8.83. The molecule has 1 saturated carbocycles. The van der Waals surface area contributed by atoms with Crippen molar-refractivity contribution in [3.05, 3.63) is 0 Å². The SMILES string of the molecule is CC[C@H](C)[C@H](NS(=O)(=O)C1CCCC1OC)C(=O)O. The Morgan fingerprint density at radius 2 is 2.11 bits per heavy atom. The highest BCUT2D eigenvalue weighted by molar-refractivity contribution is 7.90. The van der Waals surface area contributed by atoms with Gasteiger partial charge in [0.2, 0.25) is 10.0 Å². The lowest BCUT2D eigenvalue weighted by molar-refractivity contribution is -0.140. The van der Waals surface area contributed by atoms with Gasteiger partial charge in [-0.05, 0) is 25.2 Å². The van der Waals surface area contributed by atoms with Gasteiger partial charge in [0, 0.05) is 7.11 Å². The number of carboxylic acids is 1. The summed E-state index contributed by atoms with van der Waals surface area (Å²) in [4.78, 5) is 11.2. The fourth-order valence-corrected chi connectivity index (χ4v) is 4.41. The van der Waals surface area contributed by atoms with Crippen LogP contribution in [0.4, 0.5) is 0 Å². The van der Waals surface area contributed by atoms with Gasteiger partial charge < -0.3 is 9.84 Å². The molecule has 0 aliphatic heterocycles. The zero-order valence-corrected chi connectivity index (χ0v) is 12.4. The van der Waals surface area contributed by atoms with Crippen molar-refractivity contribution in [2.75, 3.05) is 7.11 Å². The Balaban J connectivity index is 2.85. The summed E-state index contributed by atoms with van der Waals surface area (Å²) in [6.07, 6.45) is 2.25. The molecule has 1 rings (SSSR count). The van der Waals surface area contributed by atoms with Gasteiger partial charge in [-0.2, -0.15) is 0 Å². The molecular formula is C12H23NO5S. The summed E-state index contributed by atoms with van der Waals surface area (Å²) in [6, 6.07) is -1.08. The molecule has 0 bridgehead atoms. The summed E-state index contributed by atoms with van der Waals surface area (Å²) in [5.41, 5.74) is 0. The molecule has 0 radical (unpaired) electrons. The molecule has 0 aromatic heterocycles. The topological polar surface area (TPSA) is 92.7 Å². The maximum Gasteiger partial charge on any atom is 0.322 e. The smallest absolute Gasteiger partial charge is 0.322 e. The Morgan fingerprint density at radius 1 is 1.47 bits per heavy atom. The van der Waals surface area contributed by atoms with E-state index in [1.807, 2.05) is 6.92 Å². The Kier molecular flexibility index (Phi) is 5.76. The van der Waals surface area contributed by atoms with Gasteiger partial charge >= 0.3 is 5.97 Å². The van der Waals surface area contributed by atoms with Crippen LogP contribution in [0.5, 0.6) is 0 Å². The van der Waals surface area contributed by atoms with Crippen molar-refractivity contribution in [2.24, 2.45) is 5.92 Å². The monoisotopic (exact) mass is 293 g/mol. The van der Waals surface area contributed by atoms with Crippen LogP contribution in [0.15, 0.2) is 0 Å². The summed E-state index contributed by atoms with van der Waals surface area (Å²) in [5.74, 6) is -1.39. The largest absolute Gasteiger partial charge is 0.480 e. The Morgan fingerprint density at radius 3 is 2.58 bits per heavy atom. The third kappa shape index (κ3) is 3.90. The van der Waals surface area contributed by atoms with Gasteiger partial charge in [0.25, 0.3) is 0 Å². The minimum absolute atomic E-state index is 0.255. The number of aliphatic carboxylic acids is 1. The molecule has 0 amide bonds. The number of ether oxygens (including phenoxy) is 1. The van der Waals surface area contributed by atoms with E-state index in [-0.39, 0.29) is 12.0 Å². The quantitative estimate of drug-likeness (QED) is 0.729. The van der Waals surface area contributed by atoms with Gasteiger partial charge in [-0.1, -0.05) is 20.3 Å². The lowest BCUT2D eigenvalue weighted by Gasteiger charge is -2.24. The number of carbonyl (C=O) groups is 1. The van der Waals surface area contributed by atoms with E-state index in [1.54, 1.807) is 6.92 Å². The van der Waals surface area contributed by atoms with E-state index in [0.717, 1.165) is 6.42 Å². The van der Waals surface area contributed by atoms with Crippen LogP contribution in [0.1, 0.15) is 39.5 Å². The van der Waals surface area contributed by atoms with Gasteiger partial charge in [-0.3, -0.25) is 4.79 Å².